The number of nitrogens with one attached hydrogen (secondary N) is 3. The highest BCUT2D eigenvalue weighted by Crippen LogP contribution is 2.26. The Kier molecular flexibility index (Phi) is 6.61. The summed E-state index contributed by atoms with van der Waals surface area (Å²) in [5.41, 5.74) is 1.80. The molecule has 0 unspecified atom stereocenters. The van der Waals surface area contributed by atoms with Crippen LogP contribution in [0.2, 0.25) is 0 Å². The summed E-state index contributed by atoms with van der Waals surface area (Å²) < 4.78 is 4.97. The smallest absolute Gasteiger partial charge is 0.289 e. The number of benzene rings is 1. The number of ether oxygens (including phenoxy) is 1. The number of carbonyl (C=O) groups is 1. The van der Waals surface area contributed by atoms with Crippen molar-refractivity contribution < 1.29 is 9.53 Å². The van der Waals surface area contributed by atoms with Gasteiger partial charge in [0.05, 0.1) is 18.2 Å². The normalized spacial score (nSPS) is 19.0. The van der Waals surface area contributed by atoms with Crippen LogP contribution in [0.1, 0.15) is 41.9 Å². The van der Waals surface area contributed by atoms with E-state index < -0.39 is 0 Å². The van der Waals surface area contributed by atoms with Crippen LogP contribution >= 0.6 is 0 Å². The van der Waals surface area contributed by atoms with E-state index in [4.69, 9.17) is 10.00 Å². The minimum absolute atomic E-state index is 0.0487. The molecule has 0 spiro atoms. The Hall–Kier alpha value is -2.92. The van der Waals surface area contributed by atoms with Crippen molar-refractivity contribution in [2.24, 2.45) is 0 Å². The summed E-state index contributed by atoms with van der Waals surface area (Å²) >= 11 is 0. The van der Waals surface area contributed by atoms with Crippen LogP contribution in [-0.4, -0.2) is 48.2 Å². The highest BCUT2D eigenvalue weighted by molar-refractivity contribution is 5.96. The third kappa shape index (κ3) is 4.67. The second-order valence-electron chi connectivity index (χ2n) is 7.06. The zero-order valence-corrected chi connectivity index (χ0v) is 16.3. The van der Waals surface area contributed by atoms with Crippen LogP contribution in [-0.2, 0) is 4.74 Å². The van der Waals surface area contributed by atoms with Crippen LogP contribution in [0.15, 0.2) is 18.2 Å². The lowest BCUT2D eigenvalue weighted by Gasteiger charge is -2.31. The minimum Gasteiger partial charge on any atom is -0.383 e. The molecule has 0 saturated heterocycles. The van der Waals surface area contributed by atoms with Gasteiger partial charge < -0.3 is 20.7 Å². The molecule has 3 N–H and O–H groups in total. The first-order valence-corrected chi connectivity index (χ1v) is 9.59. The number of aryl methyl sites for hydroxylation is 1. The van der Waals surface area contributed by atoms with Crippen LogP contribution < -0.4 is 16.0 Å². The number of hydrogen-bond acceptors (Lipinski definition) is 7. The molecule has 1 amide bonds. The summed E-state index contributed by atoms with van der Waals surface area (Å²) in [5, 5.41) is 19.1. The molecule has 2 aromatic rings. The number of amides is 1. The Morgan fingerprint density at radius 3 is 2.82 bits per heavy atom. The number of hydrogen-bond donors (Lipinski definition) is 3. The lowest BCUT2D eigenvalue weighted by atomic mass is 9.90. The summed E-state index contributed by atoms with van der Waals surface area (Å²) in [4.78, 5) is 21.4. The van der Waals surface area contributed by atoms with Gasteiger partial charge >= 0.3 is 0 Å². The Balaban J connectivity index is 1.93. The first-order chi connectivity index (χ1) is 13.6. The van der Waals surface area contributed by atoms with E-state index in [0.29, 0.717) is 24.5 Å². The number of nitrogens with zero attached hydrogens (tertiary/aromatic N) is 3. The van der Waals surface area contributed by atoms with Crippen LogP contribution in [0.3, 0.4) is 0 Å². The Labute approximate surface area is 164 Å². The monoisotopic (exact) mass is 382 g/mol. The molecule has 1 aromatic heterocycles. The predicted molar refractivity (Wildman–Crippen MR) is 107 cm³/mol. The predicted octanol–water partition coefficient (Wildman–Crippen LogP) is 2.11. The summed E-state index contributed by atoms with van der Waals surface area (Å²) in [6.45, 7) is 2.83. The van der Waals surface area contributed by atoms with Gasteiger partial charge in [0.15, 0.2) is 6.19 Å². The first kappa shape index (κ1) is 19.8. The molecule has 0 radical (unpaired) electrons. The molecule has 0 aliphatic heterocycles. The van der Waals surface area contributed by atoms with E-state index in [0.717, 1.165) is 36.6 Å². The van der Waals surface area contributed by atoms with Crippen molar-refractivity contribution in [1.82, 2.24) is 20.6 Å². The van der Waals surface area contributed by atoms with Crippen molar-refractivity contribution in [3.63, 3.8) is 0 Å². The molecular weight excluding hydrogens is 356 g/mol. The van der Waals surface area contributed by atoms with Gasteiger partial charge in [0, 0.05) is 25.1 Å². The Morgan fingerprint density at radius 2 is 2.07 bits per heavy atom. The number of anilines is 1. The molecule has 1 heterocycles. The number of aromatic nitrogens is 2. The summed E-state index contributed by atoms with van der Waals surface area (Å²) in [6.07, 6.45) is 6.11. The lowest BCUT2D eigenvalue weighted by Crippen LogP contribution is -2.44. The van der Waals surface area contributed by atoms with Gasteiger partial charge in [-0.15, -0.1) is 0 Å². The van der Waals surface area contributed by atoms with E-state index in [-0.39, 0.29) is 23.8 Å². The van der Waals surface area contributed by atoms with Gasteiger partial charge in [-0.1, -0.05) is 24.5 Å². The van der Waals surface area contributed by atoms with E-state index in [1.165, 1.54) is 0 Å². The maximum Gasteiger partial charge on any atom is 0.289 e. The van der Waals surface area contributed by atoms with Crippen LogP contribution in [0.5, 0.6) is 0 Å². The molecule has 1 fully saturated rings. The SMILES string of the molecule is COCCNC(=O)c1nc(N[C@H]2CCCC[C@H]2NC#N)c2cc(C)ccc2n1. The molecule has 0 bridgehead atoms. The maximum absolute atomic E-state index is 12.5. The number of nitriles is 1. The largest absolute Gasteiger partial charge is 0.383 e. The molecule has 3 rings (SSSR count). The van der Waals surface area contributed by atoms with Crippen molar-refractivity contribution in [3.05, 3.63) is 29.6 Å². The second-order valence-corrected chi connectivity index (χ2v) is 7.06. The number of rotatable bonds is 7. The van der Waals surface area contributed by atoms with Gasteiger partial charge in [0.2, 0.25) is 5.82 Å². The van der Waals surface area contributed by atoms with Crippen LogP contribution in [0.4, 0.5) is 5.82 Å². The average Bonchev–Trinajstić information content (AvgIpc) is 2.70. The lowest BCUT2D eigenvalue weighted by molar-refractivity contribution is 0.0927. The fourth-order valence-corrected chi connectivity index (χ4v) is 3.53. The third-order valence-electron chi connectivity index (χ3n) is 4.98. The molecule has 1 saturated carbocycles. The molecule has 1 aliphatic carbocycles. The van der Waals surface area contributed by atoms with Crippen molar-refractivity contribution in [1.29, 1.82) is 5.26 Å². The van der Waals surface area contributed by atoms with Crippen molar-refractivity contribution in [2.45, 2.75) is 44.7 Å². The zero-order chi connectivity index (χ0) is 19.9. The first-order valence-electron chi connectivity index (χ1n) is 9.59. The second kappa shape index (κ2) is 9.33. The fraction of sp³-hybridized carbons (Fsp3) is 0.500. The van der Waals surface area contributed by atoms with Crippen molar-refractivity contribution in [2.75, 3.05) is 25.6 Å². The number of carbonyl (C=O) groups excluding carboxylic acids is 1. The van der Waals surface area contributed by atoms with Crippen molar-refractivity contribution >= 4 is 22.6 Å². The fourth-order valence-electron chi connectivity index (χ4n) is 3.53. The van der Waals surface area contributed by atoms with Gasteiger partial charge in [-0.3, -0.25) is 4.79 Å². The molecule has 148 valence electrons. The van der Waals surface area contributed by atoms with E-state index in [1.54, 1.807) is 7.11 Å². The zero-order valence-electron chi connectivity index (χ0n) is 16.3. The molecule has 8 heteroatoms. The summed E-state index contributed by atoms with van der Waals surface area (Å²) in [6, 6.07) is 5.99. The minimum atomic E-state index is -0.335. The Morgan fingerprint density at radius 1 is 1.29 bits per heavy atom. The molecule has 1 aliphatic rings. The van der Waals surface area contributed by atoms with Gasteiger partial charge in [0.25, 0.3) is 5.91 Å². The molecule has 8 nitrogen and oxygen atoms in total. The topological polar surface area (TPSA) is 112 Å². The quantitative estimate of drug-likeness (QED) is 0.382. The standard InChI is InChI=1S/C20H26N6O2/c1-13-7-8-15-14(11-13)18(25-17-6-4-3-5-16(17)23-12-21)26-19(24-15)20(27)22-9-10-28-2/h7-8,11,16-17,23H,3-6,9-10H2,1-2H3,(H,22,27)(H,24,25,26)/t16-,17+/m1/s1. The van der Waals surface area contributed by atoms with Crippen LogP contribution in [0, 0.1) is 18.4 Å². The molecule has 1 aromatic carbocycles. The van der Waals surface area contributed by atoms with Gasteiger partial charge in [-0.2, -0.15) is 5.26 Å². The van der Waals surface area contributed by atoms with Crippen molar-refractivity contribution in [3.8, 4) is 6.19 Å². The van der Waals surface area contributed by atoms with E-state index in [2.05, 4.69) is 32.1 Å². The van der Waals surface area contributed by atoms with Crippen LogP contribution in [0.25, 0.3) is 10.9 Å². The van der Waals surface area contributed by atoms with E-state index >= 15 is 0 Å². The summed E-state index contributed by atoms with van der Waals surface area (Å²) in [7, 11) is 1.58. The number of methoxy groups -OCH3 is 1. The van der Waals surface area contributed by atoms with E-state index in [9.17, 15) is 4.79 Å². The maximum atomic E-state index is 12.5. The average molecular weight is 382 g/mol. The highest BCUT2D eigenvalue weighted by atomic mass is 16.5. The van der Waals surface area contributed by atoms with Gasteiger partial charge in [-0.05, 0) is 31.9 Å². The van der Waals surface area contributed by atoms with Gasteiger partial charge in [-0.25, -0.2) is 9.97 Å². The number of fused-ring (bicyclic) bond motifs is 1. The molecule has 28 heavy (non-hydrogen) atoms. The molecule has 2 atom stereocenters. The van der Waals surface area contributed by atoms with Gasteiger partial charge in [0.1, 0.15) is 5.82 Å². The molecular formula is C20H26N6O2. The van der Waals surface area contributed by atoms with E-state index in [1.807, 2.05) is 25.1 Å². The highest BCUT2D eigenvalue weighted by Gasteiger charge is 2.26. The Bertz CT molecular complexity index is 879. The summed E-state index contributed by atoms with van der Waals surface area (Å²) in [5.74, 6) is 0.413. The third-order valence-corrected chi connectivity index (χ3v) is 4.98.